The number of ether oxygens (including phenoxy) is 3. The highest BCUT2D eigenvalue weighted by Crippen LogP contribution is 2.63. The number of carbonyl (C=O) groups excluding carboxylic acids is 4. The predicted octanol–water partition coefficient (Wildman–Crippen LogP) is 8.64. The van der Waals surface area contributed by atoms with E-state index in [-0.39, 0.29) is 46.8 Å². The van der Waals surface area contributed by atoms with Crippen LogP contribution in [0.15, 0.2) is 48.0 Å². The number of ketones is 3. The maximum atomic E-state index is 14.0. The van der Waals surface area contributed by atoms with Crippen LogP contribution in [0, 0.1) is 17.3 Å². The van der Waals surface area contributed by atoms with Crippen LogP contribution in [0.25, 0.3) is 0 Å². The summed E-state index contributed by atoms with van der Waals surface area (Å²) in [6.45, 7) is 3.10. The molecule has 9 rings (SSSR count). The number of allylic oxidation sites excluding steroid dienone is 2. The van der Waals surface area contributed by atoms with Crippen molar-refractivity contribution in [1.29, 1.82) is 0 Å². The molecule has 14 nitrogen and oxygen atoms in total. The predicted molar refractivity (Wildman–Crippen MR) is 267 cm³/mol. The molecular formula is C58H73NO13. The molecule has 1 amide bonds. The van der Waals surface area contributed by atoms with Crippen molar-refractivity contribution < 1.29 is 64.0 Å². The highest BCUT2D eigenvalue weighted by molar-refractivity contribution is 6.31. The lowest BCUT2D eigenvalue weighted by Gasteiger charge is -2.49. The molecule has 14 heteroatoms. The fourth-order valence-corrected chi connectivity index (χ4v) is 13.8. The third kappa shape index (κ3) is 9.74. The first kappa shape index (κ1) is 51.8. The number of fused-ring (bicyclic) bond motifs is 8. The minimum Gasteiger partial charge on any atom is -0.508 e. The summed E-state index contributed by atoms with van der Waals surface area (Å²) in [4.78, 5) is 54.1. The van der Waals surface area contributed by atoms with E-state index in [0.717, 1.165) is 43.9 Å². The Kier molecular flexibility index (Phi) is 15.4. The molecule has 3 aromatic carbocycles. The zero-order valence-electron chi connectivity index (χ0n) is 42.1. The second-order valence-corrected chi connectivity index (χ2v) is 21.9. The standard InChI is InChI=1S/C58H73NO13/c1-32-52(64)42(28-47(71-32)72-44-30-58(69,45(62)31-60)29-40-49(44)56(68)51-50(54(40)66)53(65)39-16-14-17-43(70-3)48(39)55(51)67)59-46(63)18-13-11-9-7-5-4-6-8-10-12-15-34-20-24-41-38-22-19-33-27-35(61)21-23-36(33)37(38)25-26-57(34,41)2/h14-17,21,23,27,32,37-38,41-42,44,47,52,60-61,64,66,68-69H,4-13,18-20,22,24-26,28-31H2,1-3H3,(H,59,63)/b34-15+/t32-,37+,38+,41-,42-,44-,47-,52+,57+,58-/m0/s1. The number of aliphatic hydroxyl groups is 3. The molecule has 1 aliphatic heterocycles. The maximum absolute atomic E-state index is 14.0. The second kappa shape index (κ2) is 21.4. The van der Waals surface area contributed by atoms with Gasteiger partial charge in [0, 0.05) is 42.4 Å². The summed E-state index contributed by atoms with van der Waals surface area (Å²) >= 11 is 0. The van der Waals surface area contributed by atoms with E-state index < -0.39 is 95.7 Å². The van der Waals surface area contributed by atoms with Crippen LogP contribution in [0.1, 0.15) is 196 Å². The van der Waals surface area contributed by atoms with Gasteiger partial charge in [0.25, 0.3) is 0 Å². The molecule has 6 aliphatic rings. The van der Waals surface area contributed by atoms with E-state index in [0.29, 0.717) is 23.5 Å². The monoisotopic (exact) mass is 992 g/mol. The zero-order chi connectivity index (χ0) is 51.1. The van der Waals surface area contributed by atoms with Crippen molar-refractivity contribution in [2.75, 3.05) is 13.7 Å². The van der Waals surface area contributed by atoms with Crippen LogP contribution >= 0.6 is 0 Å². The fraction of sp³-hybridized carbons (Fsp3) is 0.586. The van der Waals surface area contributed by atoms with E-state index in [1.54, 1.807) is 12.5 Å². The van der Waals surface area contributed by atoms with Crippen molar-refractivity contribution in [2.24, 2.45) is 17.3 Å². The lowest BCUT2D eigenvalue weighted by Crippen LogP contribution is -2.55. The smallest absolute Gasteiger partial charge is 0.220 e. The van der Waals surface area contributed by atoms with Gasteiger partial charge in [-0.25, -0.2) is 0 Å². The highest BCUT2D eigenvalue weighted by Gasteiger charge is 2.53. The summed E-state index contributed by atoms with van der Waals surface area (Å²) in [6.07, 6.45) is 15.5. The average Bonchev–Trinajstić information content (AvgIpc) is 3.70. The van der Waals surface area contributed by atoms with Crippen molar-refractivity contribution in [1.82, 2.24) is 5.32 Å². The molecular weight excluding hydrogens is 919 g/mol. The van der Waals surface area contributed by atoms with E-state index in [4.69, 9.17) is 14.2 Å². The molecule has 3 fully saturated rings. The number of phenolic OH excluding ortho intramolecular Hbond substituents is 3. The Morgan fingerprint density at radius 2 is 1.61 bits per heavy atom. The first-order valence-electron chi connectivity index (χ1n) is 26.6. The number of hydrogen-bond donors (Lipinski definition) is 7. The van der Waals surface area contributed by atoms with E-state index in [1.807, 2.05) is 12.1 Å². The van der Waals surface area contributed by atoms with Crippen molar-refractivity contribution in [2.45, 2.75) is 184 Å². The van der Waals surface area contributed by atoms with Gasteiger partial charge < -0.3 is 50.2 Å². The summed E-state index contributed by atoms with van der Waals surface area (Å²) in [5.74, 6) is -1.57. The molecule has 0 radical (unpaired) electrons. The average molecular weight is 992 g/mol. The number of Topliss-reactive ketones (excluding diaryl/α,β-unsaturated/α-hetero) is 1. The molecule has 10 atom stereocenters. The van der Waals surface area contributed by atoms with Gasteiger partial charge in [-0.3, -0.25) is 19.2 Å². The topological polar surface area (TPSA) is 229 Å². The molecule has 388 valence electrons. The number of carbonyl (C=O) groups is 4. The third-order valence-electron chi connectivity index (χ3n) is 17.7. The van der Waals surface area contributed by atoms with Crippen molar-refractivity contribution in [3.63, 3.8) is 0 Å². The minimum atomic E-state index is -2.31. The number of aromatic hydroxyl groups is 3. The number of unbranched alkanes of at least 4 members (excludes halogenated alkanes) is 9. The first-order valence-corrected chi connectivity index (χ1v) is 26.6. The molecule has 7 N–H and O–H groups in total. The number of amides is 1. The Bertz CT molecular complexity index is 2610. The molecule has 0 bridgehead atoms. The van der Waals surface area contributed by atoms with Gasteiger partial charge in [0.1, 0.15) is 41.3 Å². The lowest BCUT2D eigenvalue weighted by atomic mass is 9.55. The molecule has 72 heavy (non-hydrogen) atoms. The van der Waals surface area contributed by atoms with Gasteiger partial charge in [0.15, 0.2) is 17.9 Å². The first-order chi connectivity index (χ1) is 34.6. The minimum absolute atomic E-state index is 0.0586. The lowest BCUT2D eigenvalue weighted by molar-refractivity contribution is -0.249. The highest BCUT2D eigenvalue weighted by atomic mass is 16.7. The largest absolute Gasteiger partial charge is 0.508 e. The number of benzene rings is 3. The zero-order valence-corrected chi connectivity index (χ0v) is 42.1. The number of hydrogen-bond acceptors (Lipinski definition) is 13. The Morgan fingerprint density at radius 3 is 2.35 bits per heavy atom. The van der Waals surface area contributed by atoms with E-state index in [9.17, 15) is 49.8 Å². The van der Waals surface area contributed by atoms with Crippen molar-refractivity contribution in [3.05, 3.63) is 92.6 Å². The SMILES string of the molecule is COc1cccc2c1C(=O)c1c(O)c3c(c(O)c1C2=O)C[C@@](O)(C(=O)CO)C[C@@H]3O[C@H]1C[C@H](NC(=O)CCCCCCCCCCC/C=C2\CC[C@H]3[C@@H]4CCc5cc(O)ccc5[C@H]4CC[C@]23C)[C@H](O)[C@H](C)O1. The Balaban J connectivity index is 0.720. The van der Waals surface area contributed by atoms with Crippen LogP contribution in [0.3, 0.4) is 0 Å². The van der Waals surface area contributed by atoms with Gasteiger partial charge in [-0.05, 0) is 117 Å². The van der Waals surface area contributed by atoms with Gasteiger partial charge in [-0.2, -0.15) is 0 Å². The van der Waals surface area contributed by atoms with Crippen molar-refractivity contribution >= 4 is 23.3 Å². The van der Waals surface area contributed by atoms with E-state index in [2.05, 4.69) is 24.4 Å². The number of nitrogens with one attached hydrogen (secondary N) is 1. The summed E-state index contributed by atoms with van der Waals surface area (Å²) in [7, 11) is 1.33. The quantitative estimate of drug-likeness (QED) is 0.0282. The summed E-state index contributed by atoms with van der Waals surface area (Å²) in [5.41, 5.74) is 1.08. The number of aryl methyl sites for hydroxylation is 1. The summed E-state index contributed by atoms with van der Waals surface area (Å²) < 4.78 is 17.7. The van der Waals surface area contributed by atoms with Crippen LogP contribution < -0.4 is 10.1 Å². The van der Waals surface area contributed by atoms with Crippen molar-refractivity contribution in [3.8, 4) is 23.0 Å². The van der Waals surface area contributed by atoms with Gasteiger partial charge in [-0.15, -0.1) is 0 Å². The number of rotatable bonds is 18. The fourth-order valence-electron chi connectivity index (χ4n) is 13.8. The third-order valence-corrected chi connectivity index (χ3v) is 17.7. The molecule has 2 saturated carbocycles. The molecule has 1 heterocycles. The van der Waals surface area contributed by atoms with Gasteiger partial charge in [0.2, 0.25) is 11.7 Å². The molecule has 0 aromatic heterocycles. The van der Waals surface area contributed by atoms with Crippen LogP contribution in [0.4, 0.5) is 0 Å². The number of aliphatic hydroxyl groups excluding tert-OH is 2. The van der Waals surface area contributed by atoms with Crippen LogP contribution in [-0.4, -0.2) is 97.8 Å². The van der Waals surface area contributed by atoms with E-state index >= 15 is 0 Å². The van der Waals surface area contributed by atoms with Gasteiger partial charge in [-0.1, -0.05) is 81.7 Å². The molecule has 1 saturated heterocycles. The molecule has 3 aromatic rings. The summed E-state index contributed by atoms with van der Waals surface area (Å²) in [6, 6.07) is 9.65. The number of phenols is 3. The number of methoxy groups -OCH3 is 1. The second-order valence-electron chi connectivity index (χ2n) is 21.9. The Hall–Kier alpha value is -5.12. The van der Waals surface area contributed by atoms with Crippen LogP contribution in [0.5, 0.6) is 23.0 Å². The Labute approximate surface area is 422 Å². The molecule has 5 aliphatic carbocycles. The van der Waals surface area contributed by atoms with Gasteiger partial charge in [0.05, 0.1) is 42.0 Å². The van der Waals surface area contributed by atoms with Crippen LogP contribution in [0.2, 0.25) is 0 Å². The summed E-state index contributed by atoms with van der Waals surface area (Å²) in [5, 5.41) is 69.1. The van der Waals surface area contributed by atoms with E-state index in [1.165, 1.54) is 101 Å². The van der Waals surface area contributed by atoms with Gasteiger partial charge >= 0.3 is 0 Å². The Morgan fingerprint density at radius 1 is 0.889 bits per heavy atom. The normalized spacial score (nSPS) is 29.9. The molecule has 0 spiro atoms. The van der Waals surface area contributed by atoms with Crippen LogP contribution in [-0.2, 0) is 31.9 Å². The molecule has 0 unspecified atom stereocenters. The maximum Gasteiger partial charge on any atom is 0.220 e.